The molecule has 0 saturated carbocycles. The molecule has 0 N–H and O–H groups in total. The van der Waals surface area contributed by atoms with Gasteiger partial charge in [0.1, 0.15) is 0 Å². The summed E-state index contributed by atoms with van der Waals surface area (Å²) in [5.74, 6) is 0.571. The van der Waals surface area contributed by atoms with E-state index in [1.165, 1.54) is 0 Å². The van der Waals surface area contributed by atoms with Crippen molar-refractivity contribution in [3.63, 3.8) is 0 Å². The van der Waals surface area contributed by atoms with Crippen molar-refractivity contribution in [3.8, 4) is 0 Å². The molecule has 0 heterocycles. The molecule has 0 saturated heterocycles. The third-order valence-electron chi connectivity index (χ3n) is 1.19. The molecule has 0 aliphatic heterocycles. The van der Waals surface area contributed by atoms with Gasteiger partial charge in [-0.1, -0.05) is 22.5 Å². The van der Waals surface area contributed by atoms with Crippen LogP contribution < -0.4 is 0 Å². The monoisotopic (exact) mass is 256 g/mol. The summed E-state index contributed by atoms with van der Waals surface area (Å²) >= 11 is 18.5. The Bertz CT molecular complexity index is 157. The molecule has 0 amide bonds. The zero-order chi connectivity index (χ0) is 10.9. The maximum Gasteiger partial charge on any atom is 0.0256 e. The standard InChI is InChI=1S/C5H11NS2.C3H5ClS/c1-3-6(4-2)5(7)8;1-3(4)2-5/h3-4H2,1-2H3,(H,7,8);5H,1-2H2/p-1. The van der Waals surface area contributed by atoms with Crippen LogP contribution in [-0.2, 0) is 12.6 Å². The number of rotatable bonds is 3. The molecule has 0 aromatic rings. The maximum atomic E-state index is 5.19. The number of hydrogen-bond acceptors (Lipinski definition) is 3. The van der Waals surface area contributed by atoms with Crippen molar-refractivity contribution >= 4 is 53.4 Å². The molecule has 5 heteroatoms. The van der Waals surface area contributed by atoms with E-state index in [1.54, 1.807) is 0 Å². The molecule has 0 rings (SSSR count). The molecular formula is C8H15ClNS3-. The van der Waals surface area contributed by atoms with E-state index in [4.69, 9.17) is 36.4 Å². The highest BCUT2D eigenvalue weighted by Gasteiger charge is 1.88. The largest absolute Gasteiger partial charge is 0.411 e. The second kappa shape index (κ2) is 10.6. The molecule has 0 aliphatic rings. The first-order valence-corrected chi connectivity index (χ1v) is 5.72. The Morgan fingerprint density at radius 1 is 1.54 bits per heavy atom. The number of halogens is 1. The average Bonchev–Trinajstić information content (AvgIpc) is 2.07. The van der Waals surface area contributed by atoms with Crippen molar-refractivity contribution in [3.05, 3.63) is 11.6 Å². The van der Waals surface area contributed by atoms with Crippen LogP contribution in [0.25, 0.3) is 0 Å². The smallest absolute Gasteiger partial charge is 0.0256 e. The summed E-state index contributed by atoms with van der Waals surface area (Å²) in [6.45, 7) is 9.31. The fourth-order valence-electron chi connectivity index (χ4n) is 0.482. The molecule has 0 fully saturated rings. The third kappa shape index (κ3) is 12.5. The van der Waals surface area contributed by atoms with E-state index in [9.17, 15) is 0 Å². The normalized spacial score (nSPS) is 8.31. The summed E-state index contributed by atoms with van der Waals surface area (Å²) in [4.78, 5) is 1.96. The summed E-state index contributed by atoms with van der Waals surface area (Å²) in [6.07, 6.45) is 0. The van der Waals surface area contributed by atoms with E-state index < -0.39 is 0 Å². The van der Waals surface area contributed by atoms with Crippen molar-refractivity contribution in [2.45, 2.75) is 13.8 Å². The highest BCUT2D eigenvalue weighted by atomic mass is 35.5. The fourth-order valence-corrected chi connectivity index (χ4v) is 0.998. The molecule has 0 radical (unpaired) electrons. The van der Waals surface area contributed by atoms with Crippen molar-refractivity contribution in [1.29, 1.82) is 0 Å². The minimum atomic E-state index is 0.571. The molecule has 0 atom stereocenters. The van der Waals surface area contributed by atoms with Crippen LogP contribution in [0.3, 0.4) is 0 Å². The quantitative estimate of drug-likeness (QED) is 0.470. The summed E-state index contributed by atoms with van der Waals surface area (Å²) in [5.41, 5.74) is 0. The highest BCUT2D eigenvalue weighted by Crippen LogP contribution is 1.95. The van der Waals surface area contributed by atoms with Crippen molar-refractivity contribution in [2.75, 3.05) is 18.8 Å². The lowest BCUT2D eigenvalue weighted by Gasteiger charge is -2.24. The first-order valence-electron chi connectivity index (χ1n) is 3.89. The molecule has 0 aromatic carbocycles. The number of nitrogens with zero attached hydrogens (tertiary/aromatic N) is 1. The van der Waals surface area contributed by atoms with Crippen LogP contribution in [-0.4, -0.2) is 28.1 Å². The predicted octanol–water partition coefficient (Wildman–Crippen LogP) is 2.83. The zero-order valence-corrected chi connectivity index (χ0v) is 11.2. The van der Waals surface area contributed by atoms with Crippen LogP contribution in [0.5, 0.6) is 0 Å². The second-order valence-electron chi connectivity index (χ2n) is 2.11. The Morgan fingerprint density at radius 3 is 1.85 bits per heavy atom. The topological polar surface area (TPSA) is 3.24 Å². The summed E-state index contributed by atoms with van der Waals surface area (Å²) in [5, 5.41) is 0.591. The van der Waals surface area contributed by atoms with Crippen molar-refractivity contribution < 1.29 is 0 Å². The minimum Gasteiger partial charge on any atom is -0.411 e. The lowest BCUT2D eigenvalue weighted by atomic mass is 10.6. The molecule has 13 heavy (non-hydrogen) atoms. The number of thiocarbonyl (C=S) groups is 1. The summed E-state index contributed by atoms with van der Waals surface area (Å²) in [7, 11) is 0. The van der Waals surface area contributed by atoms with Gasteiger partial charge in [0.05, 0.1) is 0 Å². The van der Waals surface area contributed by atoms with Crippen molar-refractivity contribution in [1.82, 2.24) is 4.90 Å². The van der Waals surface area contributed by atoms with Crippen LogP contribution in [0, 0.1) is 0 Å². The molecule has 0 bridgehead atoms. The Kier molecular flexibility index (Phi) is 13.0. The van der Waals surface area contributed by atoms with E-state index in [1.807, 2.05) is 18.7 Å². The molecule has 0 aromatic heterocycles. The van der Waals surface area contributed by atoms with Gasteiger partial charge < -0.3 is 29.7 Å². The van der Waals surface area contributed by atoms with Gasteiger partial charge in [0.15, 0.2) is 0 Å². The van der Waals surface area contributed by atoms with Crippen LogP contribution in [0.2, 0.25) is 0 Å². The molecule has 0 aliphatic carbocycles. The molecule has 1 nitrogen and oxygen atoms in total. The summed E-state index contributed by atoms with van der Waals surface area (Å²) in [6, 6.07) is 0. The van der Waals surface area contributed by atoms with Gasteiger partial charge in [-0.25, -0.2) is 0 Å². The minimum absolute atomic E-state index is 0.571. The van der Waals surface area contributed by atoms with E-state index in [0.717, 1.165) is 13.1 Å². The van der Waals surface area contributed by atoms with E-state index in [0.29, 0.717) is 15.1 Å². The Morgan fingerprint density at radius 2 is 1.85 bits per heavy atom. The van der Waals surface area contributed by atoms with Gasteiger partial charge in [-0.05, 0) is 13.8 Å². The maximum absolute atomic E-state index is 5.19. The van der Waals surface area contributed by atoms with Gasteiger partial charge in [0, 0.05) is 23.9 Å². The Hall–Kier alpha value is 0.490. The average molecular weight is 257 g/mol. The SMILES string of the molecule is C=C(Cl)CS.CCN(CC)C(=S)[S-]. The van der Waals surface area contributed by atoms with Crippen LogP contribution in [0.1, 0.15) is 13.8 Å². The second-order valence-corrected chi connectivity index (χ2v) is 4.00. The first-order chi connectivity index (χ1) is 5.99. The zero-order valence-electron chi connectivity index (χ0n) is 7.92. The Labute approximate surface area is 102 Å². The molecule has 0 unspecified atom stereocenters. The van der Waals surface area contributed by atoms with E-state index >= 15 is 0 Å². The van der Waals surface area contributed by atoms with Gasteiger partial charge >= 0.3 is 0 Å². The lowest BCUT2D eigenvalue weighted by molar-refractivity contribution is 0.482. The summed E-state index contributed by atoms with van der Waals surface area (Å²) < 4.78 is 0.579. The van der Waals surface area contributed by atoms with Gasteiger partial charge in [-0.15, -0.1) is 0 Å². The first kappa shape index (κ1) is 15.9. The van der Waals surface area contributed by atoms with Crippen LogP contribution in [0.15, 0.2) is 11.6 Å². The van der Waals surface area contributed by atoms with Gasteiger partial charge in [-0.3, -0.25) is 0 Å². The van der Waals surface area contributed by atoms with Crippen LogP contribution in [0.4, 0.5) is 0 Å². The predicted molar refractivity (Wildman–Crippen MR) is 71.7 cm³/mol. The molecule has 78 valence electrons. The van der Waals surface area contributed by atoms with Gasteiger partial charge in [-0.2, -0.15) is 12.6 Å². The van der Waals surface area contributed by atoms with E-state index in [-0.39, 0.29) is 0 Å². The van der Waals surface area contributed by atoms with E-state index in [2.05, 4.69) is 19.2 Å². The van der Waals surface area contributed by atoms with Gasteiger partial charge in [0.2, 0.25) is 0 Å². The third-order valence-corrected chi connectivity index (χ3v) is 2.41. The fraction of sp³-hybridized carbons (Fsp3) is 0.625. The number of thiol groups is 1. The molecular weight excluding hydrogens is 242 g/mol. The highest BCUT2D eigenvalue weighted by molar-refractivity contribution is 8.00. The van der Waals surface area contributed by atoms with Crippen LogP contribution >= 0.6 is 36.4 Å². The number of hydrogen-bond donors (Lipinski definition) is 1. The van der Waals surface area contributed by atoms with Crippen molar-refractivity contribution in [2.24, 2.45) is 0 Å². The van der Waals surface area contributed by atoms with Gasteiger partial charge in [0.25, 0.3) is 0 Å². The lowest BCUT2D eigenvalue weighted by Crippen LogP contribution is -2.26. The Balaban J connectivity index is 0. The molecule has 0 spiro atoms.